The van der Waals surface area contributed by atoms with Crippen LogP contribution >= 0.6 is 0 Å². The fourth-order valence-electron chi connectivity index (χ4n) is 6.74. The Hall–Kier alpha value is -3.04. The molecule has 10 nitrogen and oxygen atoms in total. The molecule has 5 atom stereocenters. The summed E-state index contributed by atoms with van der Waals surface area (Å²) in [7, 11) is 0. The van der Waals surface area contributed by atoms with Crippen LogP contribution in [0.4, 0.5) is 0 Å². The van der Waals surface area contributed by atoms with Gasteiger partial charge in [0.15, 0.2) is 0 Å². The fraction of sp³-hybridized carbons (Fsp3) is 0.742. The summed E-state index contributed by atoms with van der Waals surface area (Å²) in [6.45, 7) is 11.7. The Balaban J connectivity index is 1.58. The van der Waals surface area contributed by atoms with Gasteiger partial charge in [-0.15, -0.1) is 0 Å². The van der Waals surface area contributed by atoms with Crippen LogP contribution in [0.1, 0.15) is 103 Å². The number of fused-ring (bicyclic) bond motifs is 1. The van der Waals surface area contributed by atoms with Gasteiger partial charge in [0.05, 0.1) is 6.20 Å². The molecule has 3 fully saturated rings. The Morgan fingerprint density at radius 3 is 2.24 bits per heavy atom. The van der Waals surface area contributed by atoms with Crippen molar-refractivity contribution in [3.05, 3.63) is 24.3 Å². The lowest BCUT2D eigenvalue weighted by Crippen LogP contribution is -2.61. The maximum Gasteiger partial charge on any atom is 0.329 e. The van der Waals surface area contributed by atoms with Crippen molar-refractivity contribution in [2.24, 2.45) is 23.2 Å². The maximum absolute atomic E-state index is 14.3. The van der Waals surface area contributed by atoms with Crippen molar-refractivity contribution in [1.82, 2.24) is 25.5 Å². The molecule has 2 N–H and O–H groups in total. The molecule has 1 saturated heterocycles. The van der Waals surface area contributed by atoms with E-state index in [4.69, 9.17) is 4.74 Å². The van der Waals surface area contributed by atoms with Crippen LogP contribution in [0.25, 0.3) is 0 Å². The second kappa shape index (κ2) is 12.4. The first-order valence-corrected chi connectivity index (χ1v) is 15.2. The lowest BCUT2D eigenvalue weighted by Gasteiger charge is -2.38. The van der Waals surface area contributed by atoms with Gasteiger partial charge in [-0.25, -0.2) is 9.78 Å². The zero-order valence-corrected chi connectivity index (χ0v) is 25.4. The molecule has 2 aliphatic carbocycles. The molecular formula is C31H47N5O5. The van der Waals surface area contributed by atoms with E-state index >= 15 is 0 Å². The molecule has 10 heteroatoms. The van der Waals surface area contributed by atoms with Gasteiger partial charge in [0, 0.05) is 18.9 Å². The van der Waals surface area contributed by atoms with Gasteiger partial charge in [-0.1, -0.05) is 46.5 Å². The van der Waals surface area contributed by atoms with E-state index in [-0.39, 0.29) is 35.3 Å². The lowest BCUT2D eigenvalue weighted by molar-refractivity contribution is -0.165. The van der Waals surface area contributed by atoms with E-state index in [1.54, 1.807) is 4.90 Å². The van der Waals surface area contributed by atoms with Crippen molar-refractivity contribution in [1.29, 1.82) is 0 Å². The third-order valence-electron chi connectivity index (χ3n) is 8.71. The van der Waals surface area contributed by atoms with E-state index in [9.17, 15) is 19.2 Å². The second-order valence-electron chi connectivity index (χ2n) is 14.1. The van der Waals surface area contributed by atoms with E-state index < -0.39 is 41.0 Å². The van der Waals surface area contributed by atoms with E-state index in [1.165, 1.54) is 18.6 Å². The van der Waals surface area contributed by atoms with Gasteiger partial charge in [0.25, 0.3) is 5.91 Å². The summed E-state index contributed by atoms with van der Waals surface area (Å²) >= 11 is 0. The van der Waals surface area contributed by atoms with Crippen LogP contribution in [0.15, 0.2) is 18.6 Å². The SMILES string of the molecule is CC(C)(C)OC(=O)[C@@H]1[C@H]2CCC[C@H]2CN1C(=O)C(NC(=O)[C@@H](NC(=O)c1cnccn1)C1CCCCC1)C(C)(C)C. The quantitative estimate of drug-likeness (QED) is 0.479. The fourth-order valence-corrected chi connectivity index (χ4v) is 6.74. The number of hydrogen-bond acceptors (Lipinski definition) is 7. The van der Waals surface area contributed by atoms with Crippen molar-refractivity contribution in [3.8, 4) is 0 Å². The van der Waals surface area contributed by atoms with E-state index in [0.29, 0.717) is 6.54 Å². The van der Waals surface area contributed by atoms with Crippen molar-refractivity contribution in [2.75, 3.05) is 6.54 Å². The maximum atomic E-state index is 14.3. The average Bonchev–Trinajstić information content (AvgIpc) is 3.50. The minimum Gasteiger partial charge on any atom is -0.458 e. The van der Waals surface area contributed by atoms with Gasteiger partial charge in [0.2, 0.25) is 11.8 Å². The highest BCUT2D eigenvalue weighted by atomic mass is 16.6. The zero-order chi connectivity index (χ0) is 29.9. The number of ether oxygens (including phenoxy) is 1. The second-order valence-corrected chi connectivity index (χ2v) is 14.1. The highest BCUT2D eigenvalue weighted by Gasteiger charge is 2.53. The highest BCUT2D eigenvalue weighted by Crippen LogP contribution is 2.43. The molecule has 2 heterocycles. The molecular weight excluding hydrogens is 522 g/mol. The van der Waals surface area contributed by atoms with Crippen LogP contribution in [0.3, 0.4) is 0 Å². The largest absolute Gasteiger partial charge is 0.458 e. The number of amides is 3. The van der Waals surface area contributed by atoms with Crippen molar-refractivity contribution < 1.29 is 23.9 Å². The summed E-state index contributed by atoms with van der Waals surface area (Å²) in [6, 6.07) is -2.37. The molecule has 2 saturated carbocycles. The van der Waals surface area contributed by atoms with Crippen molar-refractivity contribution in [3.63, 3.8) is 0 Å². The first kappa shape index (κ1) is 30.9. The molecule has 226 valence electrons. The number of carbonyl (C=O) groups is 4. The third kappa shape index (κ3) is 7.43. The molecule has 3 aliphatic rings. The molecule has 3 amide bonds. The van der Waals surface area contributed by atoms with Crippen LogP contribution in [0.5, 0.6) is 0 Å². The molecule has 41 heavy (non-hydrogen) atoms. The Bertz CT molecular complexity index is 1110. The molecule has 1 aliphatic heterocycles. The predicted octanol–water partition coefficient (Wildman–Crippen LogP) is 3.66. The number of rotatable bonds is 7. The molecule has 0 aromatic carbocycles. The summed E-state index contributed by atoms with van der Waals surface area (Å²) in [5.41, 5.74) is -1.18. The zero-order valence-electron chi connectivity index (χ0n) is 25.4. The Morgan fingerprint density at radius 2 is 1.63 bits per heavy atom. The highest BCUT2D eigenvalue weighted by molar-refractivity contribution is 5.98. The van der Waals surface area contributed by atoms with Crippen LogP contribution in [0.2, 0.25) is 0 Å². The molecule has 4 rings (SSSR count). The standard InChI is InChI=1S/C31H47N5O5/c1-30(2,3)25(28(39)36-18-20-13-10-14-21(20)24(36)29(40)41-31(4,5)6)35-27(38)23(19-11-8-7-9-12-19)34-26(37)22-17-32-15-16-33-22/h15-17,19-21,23-25H,7-14,18H2,1-6H3,(H,34,37)(H,35,38)/t20-,21-,23-,24-,25?/m0/s1. The number of aromatic nitrogens is 2. The summed E-state index contributed by atoms with van der Waals surface area (Å²) in [5.74, 6) is -1.27. The van der Waals surface area contributed by atoms with Crippen LogP contribution in [-0.4, -0.2) is 68.8 Å². The summed E-state index contributed by atoms with van der Waals surface area (Å²) in [6.07, 6.45) is 11.8. The summed E-state index contributed by atoms with van der Waals surface area (Å²) in [4.78, 5) is 64.4. The van der Waals surface area contributed by atoms with Crippen molar-refractivity contribution in [2.45, 2.75) is 117 Å². The van der Waals surface area contributed by atoms with Gasteiger partial charge in [0.1, 0.15) is 29.4 Å². The molecule has 1 aromatic heterocycles. The molecule has 1 unspecified atom stereocenters. The number of nitrogens with zero attached hydrogens (tertiary/aromatic N) is 3. The average molecular weight is 570 g/mol. The Labute approximate surface area is 243 Å². The summed E-state index contributed by atoms with van der Waals surface area (Å²) < 4.78 is 5.78. The van der Waals surface area contributed by atoms with Gasteiger partial charge in [-0.2, -0.15) is 0 Å². The minimum atomic E-state index is -0.890. The number of likely N-dealkylation sites (tertiary alicyclic amines) is 1. The van der Waals surface area contributed by atoms with Gasteiger partial charge in [-0.05, 0) is 69.6 Å². The van der Waals surface area contributed by atoms with Gasteiger partial charge >= 0.3 is 5.97 Å². The Kier molecular flexibility index (Phi) is 9.39. The number of hydrogen-bond donors (Lipinski definition) is 2. The molecule has 0 spiro atoms. The molecule has 0 radical (unpaired) electrons. The van der Waals surface area contributed by atoms with Gasteiger partial charge in [-0.3, -0.25) is 19.4 Å². The van der Waals surface area contributed by atoms with Gasteiger partial charge < -0.3 is 20.3 Å². The van der Waals surface area contributed by atoms with E-state index in [2.05, 4.69) is 20.6 Å². The number of esters is 1. The Morgan fingerprint density at radius 1 is 0.927 bits per heavy atom. The first-order valence-electron chi connectivity index (χ1n) is 15.2. The predicted molar refractivity (Wildman–Crippen MR) is 153 cm³/mol. The molecule has 0 bridgehead atoms. The topological polar surface area (TPSA) is 131 Å². The normalized spacial score (nSPS) is 24.7. The number of carbonyl (C=O) groups excluding carboxylic acids is 4. The molecule has 1 aromatic rings. The minimum absolute atomic E-state index is 0.0549. The lowest BCUT2D eigenvalue weighted by atomic mass is 9.82. The van der Waals surface area contributed by atoms with Crippen LogP contribution in [-0.2, 0) is 19.1 Å². The van der Waals surface area contributed by atoms with Crippen LogP contribution in [0, 0.1) is 23.2 Å². The monoisotopic (exact) mass is 569 g/mol. The van der Waals surface area contributed by atoms with Crippen molar-refractivity contribution >= 4 is 23.7 Å². The van der Waals surface area contributed by atoms with Crippen LogP contribution < -0.4 is 10.6 Å². The van der Waals surface area contributed by atoms with E-state index in [1.807, 2.05) is 41.5 Å². The number of nitrogens with one attached hydrogen (secondary N) is 2. The third-order valence-corrected chi connectivity index (χ3v) is 8.71. The summed E-state index contributed by atoms with van der Waals surface area (Å²) in [5, 5.41) is 5.93. The van der Waals surface area contributed by atoms with E-state index in [0.717, 1.165) is 51.4 Å². The smallest absolute Gasteiger partial charge is 0.329 e. The first-order chi connectivity index (χ1) is 19.3.